The first-order chi connectivity index (χ1) is 11.6. The summed E-state index contributed by atoms with van der Waals surface area (Å²) in [6, 6.07) is 7.88. The van der Waals surface area contributed by atoms with E-state index in [2.05, 4.69) is 15.5 Å². The summed E-state index contributed by atoms with van der Waals surface area (Å²) < 4.78 is 6.99. The van der Waals surface area contributed by atoms with Gasteiger partial charge in [-0.25, -0.2) is 4.79 Å². The highest BCUT2D eigenvalue weighted by Crippen LogP contribution is 2.29. The van der Waals surface area contributed by atoms with E-state index in [9.17, 15) is 4.79 Å². The molecule has 2 amide bonds. The second kappa shape index (κ2) is 6.90. The molecule has 1 fully saturated rings. The Bertz CT molecular complexity index is 693. The van der Waals surface area contributed by atoms with Crippen molar-refractivity contribution in [2.75, 3.05) is 7.11 Å². The number of hydrogen-bond donors (Lipinski definition) is 1. The van der Waals surface area contributed by atoms with Crippen LogP contribution in [0.15, 0.2) is 30.6 Å². The fourth-order valence-corrected chi connectivity index (χ4v) is 2.70. The van der Waals surface area contributed by atoms with Crippen LogP contribution in [0.3, 0.4) is 0 Å². The molecule has 1 aliphatic carbocycles. The minimum atomic E-state index is -0.192. The quantitative estimate of drug-likeness (QED) is 0.882. The summed E-state index contributed by atoms with van der Waals surface area (Å²) in [6.45, 7) is 2.51. The second-order valence-corrected chi connectivity index (χ2v) is 6.18. The molecule has 1 saturated carbocycles. The Morgan fingerprint density at radius 3 is 2.67 bits per heavy atom. The van der Waals surface area contributed by atoms with Gasteiger partial charge in [0.25, 0.3) is 0 Å². The van der Waals surface area contributed by atoms with Gasteiger partial charge in [0.1, 0.15) is 12.1 Å². The van der Waals surface area contributed by atoms with E-state index in [1.54, 1.807) is 13.4 Å². The molecule has 1 heterocycles. The average Bonchev–Trinajstić information content (AvgIpc) is 3.33. The number of amides is 2. The molecule has 7 nitrogen and oxygen atoms in total. The van der Waals surface area contributed by atoms with Crippen molar-refractivity contribution in [1.29, 1.82) is 0 Å². The van der Waals surface area contributed by atoms with Gasteiger partial charge in [0.15, 0.2) is 5.82 Å². The SMILES string of the molecule is COc1ccc(CN(C(=O)N[C@@H](C)c2nncn2C)C2CC2)cc1. The zero-order valence-corrected chi connectivity index (χ0v) is 14.3. The van der Waals surface area contributed by atoms with Gasteiger partial charge in [0.05, 0.1) is 13.2 Å². The normalized spacial score (nSPS) is 15.0. The number of aromatic nitrogens is 3. The van der Waals surface area contributed by atoms with Crippen LogP contribution in [0.2, 0.25) is 0 Å². The lowest BCUT2D eigenvalue weighted by atomic mass is 10.2. The highest BCUT2D eigenvalue weighted by atomic mass is 16.5. The summed E-state index contributed by atoms with van der Waals surface area (Å²) in [5, 5.41) is 10.9. The summed E-state index contributed by atoms with van der Waals surface area (Å²) in [6.07, 6.45) is 3.75. The smallest absolute Gasteiger partial charge is 0.318 e. The molecule has 0 bridgehead atoms. The lowest BCUT2D eigenvalue weighted by Crippen LogP contribution is -2.42. The number of nitrogens with zero attached hydrogens (tertiary/aromatic N) is 4. The number of methoxy groups -OCH3 is 1. The minimum Gasteiger partial charge on any atom is -0.497 e. The molecular weight excluding hydrogens is 306 g/mol. The number of benzene rings is 1. The molecule has 0 saturated heterocycles. The predicted octanol–water partition coefficient (Wildman–Crippen LogP) is 2.26. The van der Waals surface area contributed by atoms with Crippen molar-refractivity contribution in [2.24, 2.45) is 7.05 Å². The van der Waals surface area contributed by atoms with Crippen molar-refractivity contribution < 1.29 is 9.53 Å². The number of aryl methyl sites for hydroxylation is 1. The molecule has 24 heavy (non-hydrogen) atoms. The van der Waals surface area contributed by atoms with Gasteiger partial charge in [-0.15, -0.1) is 10.2 Å². The van der Waals surface area contributed by atoms with E-state index in [-0.39, 0.29) is 12.1 Å². The van der Waals surface area contributed by atoms with E-state index >= 15 is 0 Å². The molecule has 0 unspecified atom stereocenters. The first-order valence-corrected chi connectivity index (χ1v) is 8.12. The lowest BCUT2D eigenvalue weighted by molar-refractivity contribution is 0.188. The monoisotopic (exact) mass is 329 g/mol. The average molecular weight is 329 g/mol. The number of ether oxygens (including phenoxy) is 1. The van der Waals surface area contributed by atoms with Gasteiger partial charge in [-0.3, -0.25) is 0 Å². The van der Waals surface area contributed by atoms with Gasteiger partial charge < -0.3 is 19.5 Å². The van der Waals surface area contributed by atoms with Crippen LogP contribution in [0.5, 0.6) is 5.75 Å². The van der Waals surface area contributed by atoms with Crippen molar-refractivity contribution in [1.82, 2.24) is 25.0 Å². The highest BCUT2D eigenvalue weighted by molar-refractivity contribution is 5.75. The number of carbonyl (C=O) groups excluding carboxylic acids is 1. The Balaban J connectivity index is 1.66. The molecule has 1 aromatic carbocycles. The second-order valence-electron chi connectivity index (χ2n) is 6.18. The third-order valence-corrected chi connectivity index (χ3v) is 4.23. The van der Waals surface area contributed by atoms with Crippen molar-refractivity contribution in [3.05, 3.63) is 42.0 Å². The van der Waals surface area contributed by atoms with Crippen LogP contribution in [0.4, 0.5) is 4.79 Å². The maximum atomic E-state index is 12.7. The van der Waals surface area contributed by atoms with E-state index in [4.69, 9.17) is 4.74 Å². The van der Waals surface area contributed by atoms with E-state index in [1.165, 1.54) is 0 Å². The molecule has 1 N–H and O–H groups in total. The lowest BCUT2D eigenvalue weighted by Gasteiger charge is -2.25. The minimum absolute atomic E-state index is 0.0659. The van der Waals surface area contributed by atoms with Crippen LogP contribution in [0, 0.1) is 0 Å². The van der Waals surface area contributed by atoms with Gasteiger partial charge in [-0.1, -0.05) is 12.1 Å². The Morgan fingerprint density at radius 1 is 1.42 bits per heavy atom. The molecule has 1 atom stereocenters. The number of carbonyl (C=O) groups is 1. The maximum Gasteiger partial charge on any atom is 0.318 e. The van der Waals surface area contributed by atoms with Crippen LogP contribution in [0.25, 0.3) is 0 Å². The Kier molecular flexibility index (Phi) is 4.69. The van der Waals surface area contributed by atoms with Crippen LogP contribution in [0.1, 0.15) is 37.2 Å². The van der Waals surface area contributed by atoms with E-state index in [0.29, 0.717) is 12.6 Å². The zero-order chi connectivity index (χ0) is 17.1. The Morgan fingerprint density at radius 2 is 2.12 bits per heavy atom. The van der Waals surface area contributed by atoms with Gasteiger partial charge in [0, 0.05) is 19.6 Å². The number of hydrogen-bond acceptors (Lipinski definition) is 4. The van der Waals surface area contributed by atoms with Gasteiger partial charge in [-0.2, -0.15) is 0 Å². The van der Waals surface area contributed by atoms with Crippen LogP contribution in [-0.2, 0) is 13.6 Å². The van der Waals surface area contributed by atoms with Crippen molar-refractivity contribution in [2.45, 2.75) is 38.4 Å². The summed E-state index contributed by atoms with van der Waals surface area (Å²) in [5.41, 5.74) is 1.09. The van der Waals surface area contributed by atoms with Crippen LogP contribution in [-0.4, -0.2) is 38.8 Å². The van der Waals surface area contributed by atoms with Gasteiger partial charge >= 0.3 is 6.03 Å². The Hall–Kier alpha value is -2.57. The maximum absolute atomic E-state index is 12.7. The molecule has 1 aliphatic rings. The molecule has 7 heteroatoms. The fraction of sp³-hybridized carbons (Fsp3) is 0.471. The number of rotatable bonds is 6. The third kappa shape index (κ3) is 3.67. The molecule has 3 rings (SSSR count). The Labute approximate surface area is 141 Å². The predicted molar refractivity (Wildman–Crippen MR) is 89.5 cm³/mol. The first-order valence-electron chi connectivity index (χ1n) is 8.12. The molecule has 0 spiro atoms. The van der Waals surface area contributed by atoms with Gasteiger partial charge in [0.2, 0.25) is 0 Å². The number of nitrogens with one attached hydrogen (secondary N) is 1. The van der Waals surface area contributed by atoms with Crippen molar-refractivity contribution in [3.8, 4) is 5.75 Å². The van der Waals surface area contributed by atoms with E-state index in [1.807, 2.05) is 47.7 Å². The standard InChI is InChI=1S/C17H23N5O2/c1-12(16-20-18-11-21(16)2)19-17(23)22(14-6-7-14)10-13-4-8-15(24-3)9-5-13/h4-5,8-9,11-12,14H,6-7,10H2,1-3H3,(H,19,23)/t12-/m0/s1. The fourth-order valence-electron chi connectivity index (χ4n) is 2.70. The summed E-state index contributed by atoms with van der Waals surface area (Å²) in [7, 11) is 3.51. The van der Waals surface area contributed by atoms with Crippen LogP contribution >= 0.6 is 0 Å². The largest absolute Gasteiger partial charge is 0.497 e. The topological polar surface area (TPSA) is 72.3 Å². The molecule has 128 valence electrons. The summed E-state index contributed by atoms with van der Waals surface area (Å²) >= 11 is 0. The zero-order valence-electron chi connectivity index (χ0n) is 14.3. The molecule has 2 aromatic rings. The third-order valence-electron chi connectivity index (χ3n) is 4.23. The summed E-state index contributed by atoms with van der Waals surface area (Å²) in [5.74, 6) is 1.56. The van der Waals surface area contributed by atoms with Crippen molar-refractivity contribution >= 4 is 6.03 Å². The molecule has 1 aromatic heterocycles. The highest BCUT2D eigenvalue weighted by Gasteiger charge is 2.33. The first kappa shape index (κ1) is 16.3. The van der Waals surface area contributed by atoms with Crippen molar-refractivity contribution in [3.63, 3.8) is 0 Å². The number of urea groups is 1. The van der Waals surface area contributed by atoms with E-state index < -0.39 is 0 Å². The molecule has 0 aliphatic heterocycles. The molecule has 0 radical (unpaired) electrons. The van der Waals surface area contributed by atoms with Gasteiger partial charge in [-0.05, 0) is 37.5 Å². The molecular formula is C17H23N5O2. The summed E-state index contributed by atoms with van der Waals surface area (Å²) in [4.78, 5) is 14.6. The van der Waals surface area contributed by atoms with Crippen LogP contribution < -0.4 is 10.1 Å². The van der Waals surface area contributed by atoms with E-state index in [0.717, 1.165) is 30.0 Å².